The van der Waals surface area contributed by atoms with E-state index < -0.39 is 0 Å². The predicted octanol–water partition coefficient (Wildman–Crippen LogP) is 2.37. The summed E-state index contributed by atoms with van der Waals surface area (Å²) < 4.78 is 0.643. The number of H-pyrrole nitrogens is 1. The van der Waals surface area contributed by atoms with Gasteiger partial charge in [0, 0.05) is 6.04 Å². The number of aromatic nitrogens is 2. The van der Waals surface area contributed by atoms with Crippen LogP contribution < -0.4 is 10.9 Å². The van der Waals surface area contributed by atoms with E-state index in [0.717, 1.165) is 12.8 Å². The molecule has 1 saturated carbocycles. The van der Waals surface area contributed by atoms with Crippen molar-refractivity contribution in [3.8, 4) is 0 Å². The lowest BCUT2D eigenvalue weighted by atomic mass is 9.92. The Bertz CT molecular complexity index is 441. The molecule has 0 aliphatic heterocycles. The van der Waals surface area contributed by atoms with Crippen molar-refractivity contribution in [1.82, 2.24) is 9.97 Å². The molecular formula is C11H16IN3O. The molecule has 1 atom stereocenters. The van der Waals surface area contributed by atoms with E-state index in [1.807, 2.05) is 22.6 Å². The molecule has 5 heteroatoms. The molecule has 0 saturated heterocycles. The van der Waals surface area contributed by atoms with Crippen molar-refractivity contribution in [3.63, 3.8) is 0 Å². The van der Waals surface area contributed by atoms with E-state index in [1.54, 1.807) is 0 Å². The first-order valence-corrected chi connectivity index (χ1v) is 6.55. The van der Waals surface area contributed by atoms with Crippen molar-refractivity contribution in [1.29, 1.82) is 0 Å². The van der Waals surface area contributed by atoms with E-state index in [1.165, 1.54) is 12.7 Å². The largest absolute Gasteiger partial charge is 0.366 e. The van der Waals surface area contributed by atoms with E-state index in [9.17, 15) is 4.79 Å². The molecule has 2 N–H and O–H groups in total. The monoisotopic (exact) mass is 333 g/mol. The quantitative estimate of drug-likeness (QED) is 0.817. The molecular weight excluding hydrogens is 317 g/mol. The van der Waals surface area contributed by atoms with Crippen LogP contribution in [0.5, 0.6) is 0 Å². The normalized spacial score (nSPS) is 23.3. The summed E-state index contributed by atoms with van der Waals surface area (Å²) in [6.07, 6.45) is 4.96. The third kappa shape index (κ3) is 2.56. The zero-order chi connectivity index (χ0) is 11.8. The van der Waals surface area contributed by atoms with Gasteiger partial charge in [0.1, 0.15) is 9.39 Å². The Morgan fingerprint density at radius 3 is 3.00 bits per heavy atom. The fraction of sp³-hybridized carbons (Fsp3) is 0.636. The van der Waals surface area contributed by atoms with Crippen molar-refractivity contribution in [2.45, 2.75) is 39.2 Å². The van der Waals surface area contributed by atoms with Crippen molar-refractivity contribution < 1.29 is 0 Å². The Morgan fingerprint density at radius 2 is 2.38 bits per heavy atom. The Hall–Kier alpha value is -0.590. The smallest absolute Gasteiger partial charge is 0.266 e. The molecule has 0 bridgehead atoms. The van der Waals surface area contributed by atoms with Crippen LogP contribution >= 0.6 is 22.6 Å². The Kier molecular flexibility index (Phi) is 3.23. The maximum Gasteiger partial charge on any atom is 0.266 e. The van der Waals surface area contributed by atoms with Gasteiger partial charge in [-0.3, -0.25) is 4.79 Å². The first-order valence-electron chi connectivity index (χ1n) is 5.48. The van der Waals surface area contributed by atoms with Crippen LogP contribution in [0.1, 0.15) is 33.1 Å². The standard InChI is InChI=1S/C11H16IN3O/c1-11(2)4-3-7(5-11)15-9-8(12)10(16)14-6-13-9/h6-7H,3-5H2,1-2H3,(H2,13,14,15,16). The fourth-order valence-electron chi connectivity index (χ4n) is 2.24. The van der Waals surface area contributed by atoms with E-state index in [-0.39, 0.29) is 5.56 Å². The molecule has 1 aromatic rings. The van der Waals surface area contributed by atoms with Crippen LogP contribution in [0, 0.1) is 8.99 Å². The number of nitrogens with zero attached hydrogens (tertiary/aromatic N) is 1. The van der Waals surface area contributed by atoms with Gasteiger partial charge in [0.15, 0.2) is 0 Å². The number of aromatic amines is 1. The van der Waals surface area contributed by atoms with Crippen LogP contribution in [-0.2, 0) is 0 Å². The Balaban J connectivity index is 2.11. The molecule has 0 radical (unpaired) electrons. The second-order valence-electron chi connectivity index (χ2n) is 5.14. The summed E-state index contributed by atoms with van der Waals surface area (Å²) in [5.74, 6) is 0.715. The lowest BCUT2D eigenvalue weighted by Crippen LogP contribution is -2.22. The van der Waals surface area contributed by atoms with Crippen LogP contribution in [0.2, 0.25) is 0 Å². The third-order valence-corrected chi connectivity index (χ3v) is 4.11. The highest BCUT2D eigenvalue weighted by atomic mass is 127. The SMILES string of the molecule is CC1(C)CCC(Nc2nc[nH]c(=O)c2I)C1. The second-order valence-corrected chi connectivity index (χ2v) is 6.22. The zero-order valence-corrected chi connectivity index (χ0v) is 11.7. The molecule has 88 valence electrons. The Labute approximate surface area is 108 Å². The van der Waals surface area contributed by atoms with Gasteiger partial charge < -0.3 is 10.3 Å². The van der Waals surface area contributed by atoms with Gasteiger partial charge in [-0.2, -0.15) is 0 Å². The first kappa shape index (κ1) is 11.9. The molecule has 1 heterocycles. The minimum Gasteiger partial charge on any atom is -0.366 e. The molecule has 0 amide bonds. The van der Waals surface area contributed by atoms with Gasteiger partial charge >= 0.3 is 0 Å². The lowest BCUT2D eigenvalue weighted by molar-refractivity contribution is 0.378. The molecule has 1 unspecified atom stereocenters. The summed E-state index contributed by atoms with van der Waals surface area (Å²) in [7, 11) is 0. The number of hydrogen-bond acceptors (Lipinski definition) is 3. The van der Waals surface area contributed by atoms with Gasteiger partial charge in [-0.15, -0.1) is 0 Å². The lowest BCUT2D eigenvalue weighted by Gasteiger charge is -2.18. The maximum atomic E-state index is 11.4. The molecule has 1 aliphatic carbocycles. The Morgan fingerprint density at radius 1 is 1.62 bits per heavy atom. The van der Waals surface area contributed by atoms with E-state index in [2.05, 4.69) is 29.1 Å². The highest BCUT2D eigenvalue weighted by molar-refractivity contribution is 14.1. The zero-order valence-electron chi connectivity index (χ0n) is 9.51. The topological polar surface area (TPSA) is 57.8 Å². The fourth-order valence-corrected chi connectivity index (χ4v) is 2.69. The molecule has 1 aromatic heterocycles. The van der Waals surface area contributed by atoms with E-state index in [4.69, 9.17) is 0 Å². The van der Waals surface area contributed by atoms with E-state index >= 15 is 0 Å². The number of hydrogen-bond donors (Lipinski definition) is 2. The van der Waals surface area contributed by atoms with Crippen molar-refractivity contribution in [3.05, 3.63) is 20.3 Å². The van der Waals surface area contributed by atoms with Gasteiger partial charge in [-0.1, -0.05) is 13.8 Å². The number of rotatable bonds is 2. The van der Waals surface area contributed by atoms with Crippen molar-refractivity contribution in [2.75, 3.05) is 5.32 Å². The first-order chi connectivity index (χ1) is 7.48. The maximum absolute atomic E-state index is 11.4. The average Bonchev–Trinajstić information content (AvgIpc) is 2.53. The molecule has 1 fully saturated rings. The number of nitrogens with one attached hydrogen (secondary N) is 2. The summed E-state index contributed by atoms with van der Waals surface area (Å²) in [5.41, 5.74) is 0.333. The van der Waals surface area contributed by atoms with Crippen LogP contribution in [0.4, 0.5) is 5.82 Å². The summed E-state index contributed by atoms with van der Waals surface area (Å²) >= 11 is 2.03. The van der Waals surface area contributed by atoms with Crippen LogP contribution in [0.3, 0.4) is 0 Å². The minimum absolute atomic E-state index is 0.0737. The summed E-state index contributed by atoms with van der Waals surface area (Å²) in [6, 6.07) is 0.442. The van der Waals surface area contributed by atoms with Gasteiger partial charge in [-0.25, -0.2) is 4.98 Å². The van der Waals surface area contributed by atoms with Crippen LogP contribution in [0.25, 0.3) is 0 Å². The van der Waals surface area contributed by atoms with Gasteiger partial charge in [0.25, 0.3) is 5.56 Å². The second kappa shape index (κ2) is 4.35. The third-order valence-electron chi connectivity index (χ3n) is 3.11. The summed E-state index contributed by atoms with van der Waals surface area (Å²) in [6.45, 7) is 4.57. The summed E-state index contributed by atoms with van der Waals surface area (Å²) in [5, 5.41) is 3.37. The van der Waals surface area contributed by atoms with Crippen LogP contribution in [-0.4, -0.2) is 16.0 Å². The average molecular weight is 333 g/mol. The molecule has 4 nitrogen and oxygen atoms in total. The molecule has 16 heavy (non-hydrogen) atoms. The van der Waals surface area contributed by atoms with Crippen molar-refractivity contribution >= 4 is 28.4 Å². The highest BCUT2D eigenvalue weighted by Crippen LogP contribution is 2.38. The van der Waals surface area contributed by atoms with Crippen molar-refractivity contribution in [2.24, 2.45) is 5.41 Å². The molecule has 0 spiro atoms. The molecule has 2 rings (SSSR count). The molecule has 1 aliphatic rings. The minimum atomic E-state index is -0.0737. The van der Waals surface area contributed by atoms with Crippen LogP contribution in [0.15, 0.2) is 11.1 Å². The van der Waals surface area contributed by atoms with Gasteiger partial charge in [0.2, 0.25) is 0 Å². The highest BCUT2D eigenvalue weighted by Gasteiger charge is 2.31. The molecule has 0 aromatic carbocycles. The number of halogens is 1. The van der Waals surface area contributed by atoms with E-state index in [0.29, 0.717) is 20.8 Å². The number of anilines is 1. The van der Waals surface area contributed by atoms with Gasteiger partial charge in [-0.05, 0) is 47.3 Å². The van der Waals surface area contributed by atoms with Gasteiger partial charge in [0.05, 0.1) is 6.33 Å². The summed E-state index contributed by atoms with van der Waals surface area (Å²) in [4.78, 5) is 18.1. The predicted molar refractivity (Wildman–Crippen MR) is 72.6 cm³/mol.